The van der Waals surface area contributed by atoms with Gasteiger partial charge in [-0.2, -0.15) is 0 Å². The molecule has 0 aliphatic heterocycles. The Labute approximate surface area is 128 Å². The largest absolute Gasteiger partial charge is 0.378 e. The minimum absolute atomic E-state index is 0.206. The first-order chi connectivity index (χ1) is 10.0. The summed E-state index contributed by atoms with van der Waals surface area (Å²) in [6.07, 6.45) is 0. The van der Waals surface area contributed by atoms with Gasteiger partial charge in [-0.3, -0.25) is 4.79 Å². The summed E-state index contributed by atoms with van der Waals surface area (Å²) in [4.78, 5) is 12.9. The number of nitrogens with two attached hydrogens (primary N) is 1. The number of carbonyl (C=O) groups excluding carboxylic acids is 1. The fourth-order valence-corrected chi connectivity index (χ4v) is 2.68. The van der Waals surface area contributed by atoms with E-state index in [-0.39, 0.29) is 11.7 Å². The molecule has 6 nitrogen and oxygen atoms in total. The number of hydrogen-bond acceptors (Lipinski definition) is 5. The molecular formula is C14H19N5OS. The number of benzene rings is 1. The molecule has 1 amide bonds. The van der Waals surface area contributed by atoms with Crippen LogP contribution in [0, 0.1) is 0 Å². The molecule has 0 saturated carbocycles. The average Bonchev–Trinajstić information content (AvgIpc) is 2.88. The summed E-state index contributed by atoms with van der Waals surface area (Å²) >= 11 is 1.31. The van der Waals surface area contributed by atoms with Crippen LogP contribution in [0.3, 0.4) is 0 Å². The summed E-state index contributed by atoms with van der Waals surface area (Å²) in [6, 6.07) is 8.13. The summed E-state index contributed by atoms with van der Waals surface area (Å²) < 4.78 is 1.98. The van der Waals surface area contributed by atoms with Crippen LogP contribution < -0.4 is 10.6 Å². The third kappa shape index (κ3) is 3.55. The smallest absolute Gasteiger partial charge is 0.227 e. The second-order valence-corrected chi connectivity index (χ2v) is 5.69. The van der Waals surface area contributed by atoms with Crippen LogP contribution in [-0.2, 0) is 11.3 Å². The first-order valence-electron chi connectivity index (χ1n) is 6.65. The van der Waals surface area contributed by atoms with Crippen molar-refractivity contribution in [3.63, 3.8) is 0 Å². The third-order valence-electron chi connectivity index (χ3n) is 3.02. The Morgan fingerprint density at radius 1 is 1.29 bits per heavy atom. The zero-order valence-corrected chi connectivity index (χ0v) is 13.2. The van der Waals surface area contributed by atoms with E-state index in [9.17, 15) is 4.79 Å². The highest BCUT2D eigenvalue weighted by atomic mass is 32.2. The van der Waals surface area contributed by atoms with Gasteiger partial charge in [0.1, 0.15) is 0 Å². The summed E-state index contributed by atoms with van der Waals surface area (Å²) in [5, 5.41) is 9.10. The number of nitrogens with zero attached hydrogens (tertiary/aromatic N) is 4. The predicted octanol–water partition coefficient (Wildman–Crippen LogP) is 1.61. The molecule has 0 spiro atoms. The van der Waals surface area contributed by atoms with E-state index in [1.54, 1.807) is 0 Å². The van der Waals surface area contributed by atoms with Crippen LogP contribution in [0.25, 0.3) is 11.4 Å². The van der Waals surface area contributed by atoms with E-state index in [1.807, 2.05) is 54.8 Å². The van der Waals surface area contributed by atoms with E-state index in [0.29, 0.717) is 5.16 Å². The highest BCUT2D eigenvalue weighted by Gasteiger charge is 2.13. The molecule has 0 radical (unpaired) electrons. The third-order valence-corrected chi connectivity index (χ3v) is 4.01. The van der Waals surface area contributed by atoms with Crippen molar-refractivity contribution in [1.29, 1.82) is 0 Å². The van der Waals surface area contributed by atoms with Crippen LogP contribution in [0.2, 0.25) is 0 Å². The first kappa shape index (κ1) is 15.4. The highest BCUT2D eigenvalue weighted by molar-refractivity contribution is 7.99. The number of primary amides is 1. The van der Waals surface area contributed by atoms with Gasteiger partial charge in [0.05, 0.1) is 5.75 Å². The molecular weight excluding hydrogens is 286 g/mol. The molecule has 0 bridgehead atoms. The van der Waals surface area contributed by atoms with Crippen molar-refractivity contribution in [3.8, 4) is 11.4 Å². The van der Waals surface area contributed by atoms with E-state index in [1.165, 1.54) is 11.8 Å². The fraction of sp³-hybridized carbons (Fsp3) is 0.357. The predicted molar refractivity (Wildman–Crippen MR) is 85.4 cm³/mol. The molecule has 21 heavy (non-hydrogen) atoms. The van der Waals surface area contributed by atoms with Crippen LogP contribution in [0.15, 0.2) is 29.4 Å². The molecule has 2 aromatic rings. The first-order valence-corrected chi connectivity index (χ1v) is 7.63. The Hall–Kier alpha value is -2.02. The van der Waals surface area contributed by atoms with Gasteiger partial charge in [-0.1, -0.05) is 11.8 Å². The number of thioether (sulfide) groups is 1. The second kappa shape index (κ2) is 6.62. The van der Waals surface area contributed by atoms with Crippen LogP contribution in [-0.4, -0.2) is 40.5 Å². The highest BCUT2D eigenvalue weighted by Crippen LogP contribution is 2.25. The standard InChI is InChI=1S/C14H19N5OS/c1-4-19-13(16-17-14(19)21-9-12(15)20)10-5-7-11(8-6-10)18(2)3/h5-8H,4,9H2,1-3H3,(H2,15,20). The van der Waals surface area contributed by atoms with Gasteiger partial charge in [0, 0.05) is 31.9 Å². The van der Waals surface area contributed by atoms with E-state index >= 15 is 0 Å². The Kier molecular flexibility index (Phi) is 4.85. The molecule has 1 aromatic carbocycles. The molecule has 1 aromatic heterocycles. The van der Waals surface area contributed by atoms with Crippen molar-refractivity contribution < 1.29 is 4.79 Å². The van der Waals surface area contributed by atoms with Crippen molar-refractivity contribution in [2.75, 3.05) is 24.7 Å². The zero-order chi connectivity index (χ0) is 15.4. The molecule has 0 fully saturated rings. The van der Waals surface area contributed by atoms with E-state index < -0.39 is 0 Å². The number of rotatable bonds is 6. The molecule has 0 saturated heterocycles. The molecule has 0 aliphatic rings. The minimum Gasteiger partial charge on any atom is -0.378 e. The van der Waals surface area contributed by atoms with Crippen molar-refractivity contribution in [3.05, 3.63) is 24.3 Å². The quantitative estimate of drug-likeness (QED) is 0.820. The molecule has 112 valence electrons. The van der Waals surface area contributed by atoms with Crippen LogP contribution >= 0.6 is 11.8 Å². The monoisotopic (exact) mass is 305 g/mol. The van der Waals surface area contributed by atoms with Crippen molar-refractivity contribution in [2.45, 2.75) is 18.6 Å². The number of anilines is 1. The van der Waals surface area contributed by atoms with E-state index in [2.05, 4.69) is 10.2 Å². The van der Waals surface area contributed by atoms with Crippen molar-refractivity contribution in [2.24, 2.45) is 5.73 Å². The molecule has 0 unspecified atom stereocenters. The summed E-state index contributed by atoms with van der Waals surface area (Å²) in [6.45, 7) is 2.76. The zero-order valence-electron chi connectivity index (χ0n) is 12.4. The lowest BCUT2D eigenvalue weighted by molar-refractivity contribution is -0.115. The fourth-order valence-electron chi connectivity index (χ4n) is 1.94. The van der Waals surface area contributed by atoms with Crippen molar-refractivity contribution in [1.82, 2.24) is 14.8 Å². The minimum atomic E-state index is -0.359. The van der Waals surface area contributed by atoms with Gasteiger partial charge in [-0.25, -0.2) is 0 Å². The normalized spacial score (nSPS) is 10.6. The number of aromatic nitrogens is 3. The van der Waals surface area contributed by atoms with Crippen LogP contribution in [0.4, 0.5) is 5.69 Å². The average molecular weight is 305 g/mol. The maximum Gasteiger partial charge on any atom is 0.227 e. The lowest BCUT2D eigenvalue weighted by Crippen LogP contribution is -2.13. The molecule has 1 heterocycles. The Bertz CT molecular complexity index is 621. The SMILES string of the molecule is CCn1c(SCC(N)=O)nnc1-c1ccc(N(C)C)cc1. The summed E-state index contributed by atoms with van der Waals surface area (Å²) in [5.41, 5.74) is 7.30. The molecule has 0 atom stereocenters. The van der Waals surface area contributed by atoms with E-state index in [4.69, 9.17) is 5.73 Å². The van der Waals surface area contributed by atoms with Gasteiger partial charge in [0.2, 0.25) is 5.91 Å². The van der Waals surface area contributed by atoms with Gasteiger partial charge in [0.15, 0.2) is 11.0 Å². The number of amides is 1. The Morgan fingerprint density at radius 2 is 1.95 bits per heavy atom. The van der Waals surface area contributed by atoms with Gasteiger partial charge in [0.25, 0.3) is 0 Å². The molecule has 7 heteroatoms. The second-order valence-electron chi connectivity index (χ2n) is 4.75. The number of hydrogen-bond donors (Lipinski definition) is 1. The van der Waals surface area contributed by atoms with Crippen LogP contribution in [0.5, 0.6) is 0 Å². The number of carbonyl (C=O) groups is 1. The van der Waals surface area contributed by atoms with Gasteiger partial charge >= 0.3 is 0 Å². The maximum absolute atomic E-state index is 10.9. The van der Waals surface area contributed by atoms with Crippen LogP contribution in [0.1, 0.15) is 6.92 Å². The molecule has 2 rings (SSSR count). The summed E-state index contributed by atoms with van der Waals surface area (Å²) in [5.74, 6) is 0.648. The lowest BCUT2D eigenvalue weighted by atomic mass is 10.2. The molecule has 0 aliphatic carbocycles. The van der Waals surface area contributed by atoms with E-state index in [0.717, 1.165) is 23.6 Å². The summed E-state index contributed by atoms with van der Waals surface area (Å²) in [7, 11) is 4.00. The van der Waals surface area contributed by atoms with Gasteiger partial charge < -0.3 is 15.2 Å². The molecule has 2 N–H and O–H groups in total. The Morgan fingerprint density at radius 3 is 2.48 bits per heavy atom. The van der Waals surface area contributed by atoms with Crippen molar-refractivity contribution >= 4 is 23.4 Å². The van der Waals surface area contributed by atoms with Gasteiger partial charge in [-0.15, -0.1) is 10.2 Å². The maximum atomic E-state index is 10.9. The Balaban J connectivity index is 2.29. The topological polar surface area (TPSA) is 77.0 Å². The lowest BCUT2D eigenvalue weighted by Gasteiger charge is -2.13. The van der Waals surface area contributed by atoms with Gasteiger partial charge in [-0.05, 0) is 31.2 Å².